The van der Waals surface area contributed by atoms with Crippen LogP contribution in [0.25, 0.3) is 5.70 Å². The molecule has 0 bridgehead atoms. The Morgan fingerprint density at radius 3 is 2.71 bits per heavy atom. The van der Waals surface area contributed by atoms with Crippen LogP contribution in [0.5, 0.6) is 11.5 Å². The number of rotatable bonds is 5. The van der Waals surface area contributed by atoms with E-state index in [9.17, 15) is 0 Å². The zero-order valence-corrected chi connectivity index (χ0v) is 15.1. The first-order valence-electron chi connectivity index (χ1n) is 7.12. The molecule has 3 rings (SSSR count). The van der Waals surface area contributed by atoms with Gasteiger partial charge in [-0.2, -0.15) is 0 Å². The van der Waals surface area contributed by atoms with Gasteiger partial charge in [0.1, 0.15) is 11.5 Å². The highest BCUT2D eigenvalue weighted by molar-refractivity contribution is 8.01. The number of nitrogens with zero attached hydrogens (tertiary/aromatic N) is 2. The maximum Gasteiger partial charge on any atom is 0.146 e. The Labute approximate surface area is 154 Å². The SMILES string of the molecule is CS/C=C(\c1ccccc1Oc1ccc(Cl)cc1Cl)n1ccnc1. The zero-order valence-electron chi connectivity index (χ0n) is 12.8. The molecule has 24 heavy (non-hydrogen) atoms. The molecule has 0 aliphatic rings. The summed E-state index contributed by atoms with van der Waals surface area (Å²) in [5.74, 6) is 1.26. The van der Waals surface area contributed by atoms with Crippen LogP contribution < -0.4 is 4.74 Å². The van der Waals surface area contributed by atoms with Crippen molar-refractivity contribution in [2.45, 2.75) is 0 Å². The van der Waals surface area contributed by atoms with Gasteiger partial charge in [-0.25, -0.2) is 4.98 Å². The van der Waals surface area contributed by atoms with E-state index in [0.29, 0.717) is 21.5 Å². The molecule has 122 valence electrons. The van der Waals surface area contributed by atoms with Crippen LogP contribution in [0.3, 0.4) is 0 Å². The monoisotopic (exact) mass is 376 g/mol. The fourth-order valence-corrected chi connectivity index (χ4v) is 3.14. The van der Waals surface area contributed by atoms with E-state index in [1.807, 2.05) is 46.7 Å². The van der Waals surface area contributed by atoms with Crippen LogP contribution >= 0.6 is 35.0 Å². The lowest BCUT2D eigenvalue weighted by molar-refractivity contribution is 0.481. The smallest absolute Gasteiger partial charge is 0.146 e. The largest absolute Gasteiger partial charge is 0.455 e. The quantitative estimate of drug-likeness (QED) is 0.530. The molecule has 0 aliphatic heterocycles. The van der Waals surface area contributed by atoms with Gasteiger partial charge in [-0.05, 0) is 42.0 Å². The highest BCUT2D eigenvalue weighted by atomic mass is 35.5. The minimum absolute atomic E-state index is 0.468. The second-order valence-electron chi connectivity index (χ2n) is 4.88. The third-order valence-corrected chi connectivity index (χ3v) is 4.28. The predicted octanol–water partition coefficient (Wildman–Crippen LogP) is 6.19. The highest BCUT2D eigenvalue weighted by Crippen LogP contribution is 2.36. The molecule has 0 atom stereocenters. The van der Waals surface area contributed by atoms with Crippen LogP contribution in [0.15, 0.2) is 66.6 Å². The van der Waals surface area contributed by atoms with E-state index in [0.717, 1.165) is 11.3 Å². The van der Waals surface area contributed by atoms with Crippen molar-refractivity contribution in [3.63, 3.8) is 0 Å². The van der Waals surface area contributed by atoms with Crippen molar-refractivity contribution in [3.05, 3.63) is 82.2 Å². The molecule has 0 radical (unpaired) electrons. The van der Waals surface area contributed by atoms with E-state index in [-0.39, 0.29) is 0 Å². The van der Waals surface area contributed by atoms with Gasteiger partial charge in [0.2, 0.25) is 0 Å². The molecular formula is C18H14Cl2N2OS. The average molecular weight is 377 g/mol. The molecule has 0 unspecified atom stereocenters. The van der Waals surface area contributed by atoms with Crippen molar-refractivity contribution in [2.24, 2.45) is 0 Å². The summed E-state index contributed by atoms with van der Waals surface area (Å²) in [4.78, 5) is 4.12. The predicted molar refractivity (Wildman–Crippen MR) is 102 cm³/mol. The van der Waals surface area contributed by atoms with Gasteiger partial charge >= 0.3 is 0 Å². The van der Waals surface area contributed by atoms with Crippen LogP contribution in [0.2, 0.25) is 10.0 Å². The lowest BCUT2D eigenvalue weighted by Crippen LogP contribution is -1.99. The number of hydrogen-bond donors (Lipinski definition) is 0. The standard InChI is InChI=1S/C18H14Cl2N2OS/c1-24-11-16(22-9-8-21-12-22)14-4-2-3-5-17(14)23-18-7-6-13(19)10-15(18)20/h2-12H,1H3/b16-11+. The molecule has 0 amide bonds. The molecule has 3 aromatic rings. The second-order valence-corrected chi connectivity index (χ2v) is 6.43. The summed E-state index contributed by atoms with van der Waals surface area (Å²) in [7, 11) is 0. The molecule has 0 saturated carbocycles. The summed E-state index contributed by atoms with van der Waals surface area (Å²) in [5, 5.41) is 3.09. The summed E-state index contributed by atoms with van der Waals surface area (Å²) in [6.45, 7) is 0. The normalized spacial score (nSPS) is 11.5. The van der Waals surface area contributed by atoms with Gasteiger partial charge in [-0.1, -0.05) is 35.3 Å². The molecule has 6 heteroatoms. The Kier molecular flexibility index (Phi) is 5.51. The molecule has 0 spiro atoms. The van der Waals surface area contributed by atoms with Gasteiger partial charge in [-0.3, -0.25) is 0 Å². The fraction of sp³-hybridized carbons (Fsp3) is 0.0556. The Hall–Kier alpha value is -1.88. The van der Waals surface area contributed by atoms with Gasteiger partial charge in [-0.15, -0.1) is 11.8 Å². The zero-order chi connectivity index (χ0) is 16.9. The molecular weight excluding hydrogens is 363 g/mol. The molecule has 1 aromatic heterocycles. The van der Waals surface area contributed by atoms with Gasteiger partial charge in [0.05, 0.1) is 17.0 Å². The molecule has 0 fully saturated rings. The first-order chi connectivity index (χ1) is 11.7. The molecule has 0 aliphatic carbocycles. The first kappa shape index (κ1) is 17.0. The van der Waals surface area contributed by atoms with E-state index >= 15 is 0 Å². The fourth-order valence-electron chi connectivity index (χ4n) is 2.22. The number of benzene rings is 2. The van der Waals surface area contributed by atoms with Crippen molar-refractivity contribution < 1.29 is 4.74 Å². The van der Waals surface area contributed by atoms with Crippen LogP contribution in [0.4, 0.5) is 0 Å². The molecule has 3 nitrogen and oxygen atoms in total. The number of aromatic nitrogens is 2. The van der Waals surface area contributed by atoms with E-state index < -0.39 is 0 Å². The molecule has 1 heterocycles. The van der Waals surface area contributed by atoms with Crippen molar-refractivity contribution in [3.8, 4) is 11.5 Å². The minimum Gasteiger partial charge on any atom is -0.455 e. The maximum absolute atomic E-state index is 6.23. The second kappa shape index (κ2) is 7.79. The van der Waals surface area contributed by atoms with Crippen LogP contribution in [0, 0.1) is 0 Å². The lowest BCUT2D eigenvalue weighted by atomic mass is 10.1. The Bertz CT molecular complexity index is 863. The molecule has 2 aromatic carbocycles. The third kappa shape index (κ3) is 3.78. The molecule has 0 saturated heterocycles. The van der Waals surface area contributed by atoms with Crippen LogP contribution in [-0.4, -0.2) is 15.8 Å². The Morgan fingerprint density at radius 2 is 2.00 bits per heavy atom. The van der Waals surface area contributed by atoms with Crippen molar-refractivity contribution in [2.75, 3.05) is 6.26 Å². The van der Waals surface area contributed by atoms with Gasteiger partial charge in [0.25, 0.3) is 0 Å². The summed E-state index contributed by atoms with van der Waals surface area (Å²) >= 11 is 13.8. The number of halogens is 2. The van der Waals surface area contributed by atoms with E-state index in [1.165, 1.54) is 0 Å². The average Bonchev–Trinajstić information content (AvgIpc) is 3.10. The Morgan fingerprint density at radius 1 is 1.17 bits per heavy atom. The van der Waals surface area contributed by atoms with Gasteiger partial charge in [0.15, 0.2) is 0 Å². The highest BCUT2D eigenvalue weighted by Gasteiger charge is 2.12. The number of ether oxygens (including phenoxy) is 1. The summed E-state index contributed by atoms with van der Waals surface area (Å²) < 4.78 is 7.99. The Balaban J connectivity index is 2.03. The topological polar surface area (TPSA) is 27.1 Å². The number of para-hydroxylation sites is 1. The third-order valence-electron chi connectivity index (χ3n) is 3.29. The van der Waals surface area contributed by atoms with E-state index in [2.05, 4.69) is 4.98 Å². The van der Waals surface area contributed by atoms with Crippen molar-refractivity contribution >= 4 is 40.7 Å². The number of hydrogen-bond acceptors (Lipinski definition) is 3. The summed E-state index contributed by atoms with van der Waals surface area (Å²) in [6, 6.07) is 13.0. The van der Waals surface area contributed by atoms with Gasteiger partial charge < -0.3 is 9.30 Å². The van der Waals surface area contributed by atoms with Crippen molar-refractivity contribution in [1.82, 2.24) is 9.55 Å². The maximum atomic E-state index is 6.23. The first-order valence-corrected chi connectivity index (χ1v) is 9.17. The molecule has 0 N–H and O–H groups in total. The van der Waals surface area contributed by atoms with Gasteiger partial charge in [0, 0.05) is 23.0 Å². The van der Waals surface area contributed by atoms with E-state index in [1.54, 1.807) is 42.5 Å². The summed E-state index contributed by atoms with van der Waals surface area (Å²) in [5.41, 5.74) is 1.91. The van der Waals surface area contributed by atoms with Crippen molar-refractivity contribution in [1.29, 1.82) is 0 Å². The number of thioether (sulfide) groups is 1. The summed E-state index contributed by atoms with van der Waals surface area (Å²) in [6.07, 6.45) is 7.41. The van der Waals surface area contributed by atoms with Crippen LogP contribution in [-0.2, 0) is 0 Å². The minimum atomic E-state index is 0.468. The van der Waals surface area contributed by atoms with E-state index in [4.69, 9.17) is 27.9 Å². The van der Waals surface area contributed by atoms with Crippen LogP contribution in [0.1, 0.15) is 5.56 Å². The number of imidazole rings is 1. The lowest BCUT2D eigenvalue weighted by Gasteiger charge is -2.15.